The maximum atomic E-state index is 12.4. The van der Waals surface area contributed by atoms with Gasteiger partial charge in [-0.3, -0.25) is 9.69 Å². The van der Waals surface area contributed by atoms with Gasteiger partial charge >= 0.3 is 0 Å². The SMILES string of the molecule is C[C@@H]1CN(C[C@H]2CCCN2C(=O)CC(C)(C)N)C[C@@H](C)O1. The summed E-state index contributed by atoms with van der Waals surface area (Å²) in [4.78, 5) is 16.9. The molecule has 0 aliphatic carbocycles. The van der Waals surface area contributed by atoms with Gasteiger partial charge in [0.05, 0.1) is 12.2 Å². The Labute approximate surface area is 128 Å². The molecule has 122 valence electrons. The highest BCUT2D eigenvalue weighted by atomic mass is 16.5. The predicted molar refractivity (Wildman–Crippen MR) is 84.1 cm³/mol. The number of hydrogen-bond donors (Lipinski definition) is 1. The van der Waals surface area contributed by atoms with E-state index in [-0.39, 0.29) is 18.1 Å². The monoisotopic (exact) mass is 297 g/mol. The van der Waals surface area contributed by atoms with Crippen LogP contribution in [0.1, 0.15) is 47.0 Å². The van der Waals surface area contributed by atoms with Gasteiger partial charge in [-0.05, 0) is 40.5 Å². The van der Waals surface area contributed by atoms with Crippen LogP contribution in [0.4, 0.5) is 0 Å². The molecule has 1 amide bonds. The Morgan fingerprint density at radius 1 is 1.29 bits per heavy atom. The second kappa shape index (κ2) is 6.63. The van der Waals surface area contributed by atoms with Crippen LogP contribution in [0, 0.1) is 0 Å². The summed E-state index contributed by atoms with van der Waals surface area (Å²) >= 11 is 0. The zero-order valence-corrected chi connectivity index (χ0v) is 14.0. The van der Waals surface area contributed by atoms with Gasteiger partial charge in [-0.15, -0.1) is 0 Å². The van der Waals surface area contributed by atoms with Crippen molar-refractivity contribution in [1.82, 2.24) is 9.80 Å². The third-order valence-corrected chi connectivity index (χ3v) is 4.27. The molecule has 0 bridgehead atoms. The number of morpholine rings is 1. The molecule has 0 aromatic rings. The number of rotatable bonds is 4. The maximum absolute atomic E-state index is 12.4. The first kappa shape index (κ1) is 16.7. The highest BCUT2D eigenvalue weighted by molar-refractivity contribution is 5.78. The first-order valence-corrected chi connectivity index (χ1v) is 8.21. The van der Waals surface area contributed by atoms with Gasteiger partial charge in [-0.1, -0.05) is 0 Å². The van der Waals surface area contributed by atoms with E-state index in [1.54, 1.807) is 0 Å². The van der Waals surface area contributed by atoms with Crippen LogP contribution in [-0.4, -0.2) is 65.7 Å². The first-order chi connectivity index (χ1) is 9.74. The molecule has 0 aromatic carbocycles. The van der Waals surface area contributed by atoms with Crippen LogP contribution in [0.2, 0.25) is 0 Å². The van der Waals surface area contributed by atoms with Crippen molar-refractivity contribution in [1.29, 1.82) is 0 Å². The standard InChI is InChI=1S/C16H31N3O2/c1-12-9-18(10-13(2)21-12)11-14-6-5-7-19(14)15(20)8-16(3,4)17/h12-14H,5-11,17H2,1-4H3/t12-,13-,14-/m1/s1. The van der Waals surface area contributed by atoms with Gasteiger partial charge in [0, 0.05) is 44.2 Å². The molecule has 2 rings (SSSR count). The molecule has 3 atom stereocenters. The summed E-state index contributed by atoms with van der Waals surface area (Å²) in [5, 5.41) is 0. The molecule has 2 heterocycles. The average Bonchev–Trinajstić information content (AvgIpc) is 2.73. The minimum atomic E-state index is -0.424. The zero-order chi connectivity index (χ0) is 15.6. The number of ether oxygens (including phenoxy) is 1. The van der Waals surface area contributed by atoms with Crippen molar-refractivity contribution in [3.8, 4) is 0 Å². The van der Waals surface area contributed by atoms with Gasteiger partial charge in [0.25, 0.3) is 0 Å². The van der Waals surface area contributed by atoms with E-state index < -0.39 is 5.54 Å². The Kier molecular flexibility index (Phi) is 5.28. The Hall–Kier alpha value is -0.650. The Morgan fingerprint density at radius 3 is 2.48 bits per heavy atom. The molecular weight excluding hydrogens is 266 g/mol. The molecule has 2 saturated heterocycles. The minimum absolute atomic E-state index is 0.208. The fourth-order valence-corrected chi connectivity index (χ4v) is 3.58. The van der Waals surface area contributed by atoms with Gasteiger partial charge in [0.1, 0.15) is 0 Å². The summed E-state index contributed by atoms with van der Waals surface area (Å²) in [7, 11) is 0. The summed E-state index contributed by atoms with van der Waals surface area (Å²) in [6.45, 7) is 11.9. The van der Waals surface area contributed by atoms with Crippen LogP contribution in [-0.2, 0) is 9.53 Å². The van der Waals surface area contributed by atoms with Crippen molar-refractivity contribution in [2.45, 2.75) is 70.7 Å². The van der Waals surface area contributed by atoms with Crippen molar-refractivity contribution >= 4 is 5.91 Å². The molecular formula is C16H31N3O2. The van der Waals surface area contributed by atoms with Gasteiger partial charge in [-0.25, -0.2) is 0 Å². The number of nitrogens with zero attached hydrogens (tertiary/aromatic N) is 2. The van der Waals surface area contributed by atoms with Crippen LogP contribution in [0.25, 0.3) is 0 Å². The number of likely N-dealkylation sites (tertiary alicyclic amines) is 1. The van der Waals surface area contributed by atoms with Crippen molar-refractivity contribution in [2.24, 2.45) is 5.73 Å². The smallest absolute Gasteiger partial charge is 0.224 e. The summed E-state index contributed by atoms with van der Waals surface area (Å²) in [6, 6.07) is 0.345. The number of amides is 1. The predicted octanol–water partition coefficient (Wildman–Crippen LogP) is 1.21. The zero-order valence-electron chi connectivity index (χ0n) is 14.0. The highest BCUT2D eigenvalue weighted by Gasteiger charge is 2.33. The lowest BCUT2D eigenvalue weighted by Crippen LogP contribution is -2.51. The van der Waals surface area contributed by atoms with Gasteiger partial charge in [0.15, 0.2) is 0 Å². The van der Waals surface area contributed by atoms with Crippen molar-refractivity contribution in [3.63, 3.8) is 0 Å². The third kappa shape index (κ3) is 4.94. The molecule has 0 aromatic heterocycles. The summed E-state index contributed by atoms with van der Waals surface area (Å²) < 4.78 is 5.78. The second-order valence-electron chi connectivity index (χ2n) is 7.52. The van der Waals surface area contributed by atoms with Gasteiger partial charge in [0.2, 0.25) is 5.91 Å². The lowest BCUT2D eigenvalue weighted by molar-refractivity contribution is -0.134. The fourth-order valence-electron chi connectivity index (χ4n) is 3.58. The number of carbonyl (C=O) groups is 1. The average molecular weight is 297 g/mol. The molecule has 0 unspecified atom stereocenters. The van der Waals surface area contributed by atoms with E-state index in [4.69, 9.17) is 10.5 Å². The number of nitrogens with two attached hydrogens (primary N) is 1. The molecule has 2 N–H and O–H groups in total. The Balaban J connectivity index is 1.91. The minimum Gasteiger partial charge on any atom is -0.373 e. The number of hydrogen-bond acceptors (Lipinski definition) is 4. The topological polar surface area (TPSA) is 58.8 Å². The molecule has 0 saturated carbocycles. The molecule has 2 fully saturated rings. The Bertz CT molecular complexity index is 357. The summed E-state index contributed by atoms with van der Waals surface area (Å²) in [5.41, 5.74) is 5.57. The molecule has 5 heteroatoms. The third-order valence-electron chi connectivity index (χ3n) is 4.27. The first-order valence-electron chi connectivity index (χ1n) is 8.21. The van der Waals surface area contributed by atoms with Crippen molar-refractivity contribution in [2.75, 3.05) is 26.2 Å². The van der Waals surface area contributed by atoms with Crippen LogP contribution in [0.15, 0.2) is 0 Å². The van der Waals surface area contributed by atoms with Gasteiger partial charge in [-0.2, -0.15) is 0 Å². The quantitative estimate of drug-likeness (QED) is 0.847. The second-order valence-corrected chi connectivity index (χ2v) is 7.52. The molecule has 2 aliphatic heterocycles. The van der Waals surface area contributed by atoms with Crippen LogP contribution in [0.3, 0.4) is 0 Å². The van der Waals surface area contributed by atoms with E-state index in [0.29, 0.717) is 12.5 Å². The molecule has 0 radical (unpaired) electrons. The number of carbonyl (C=O) groups excluding carboxylic acids is 1. The van der Waals surface area contributed by atoms with E-state index in [0.717, 1.165) is 39.0 Å². The lowest BCUT2D eigenvalue weighted by Gasteiger charge is -2.38. The largest absolute Gasteiger partial charge is 0.373 e. The van der Waals surface area contributed by atoms with E-state index in [1.807, 2.05) is 13.8 Å². The summed E-state index contributed by atoms with van der Waals surface area (Å²) in [6.07, 6.45) is 3.21. The van der Waals surface area contributed by atoms with Crippen molar-refractivity contribution < 1.29 is 9.53 Å². The van der Waals surface area contributed by atoms with Crippen LogP contribution in [0.5, 0.6) is 0 Å². The Morgan fingerprint density at radius 2 is 1.90 bits per heavy atom. The normalized spacial score (nSPS) is 31.7. The van der Waals surface area contributed by atoms with Crippen LogP contribution < -0.4 is 5.73 Å². The van der Waals surface area contributed by atoms with Crippen LogP contribution >= 0.6 is 0 Å². The van der Waals surface area contributed by atoms with Crippen molar-refractivity contribution in [3.05, 3.63) is 0 Å². The molecule has 0 spiro atoms. The van der Waals surface area contributed by atoms with E-state index in [9.17, 15) is 4.79 Å². The van der Waals surface area contributed by atoms with E-state index in [2.05, 4.69) is 23.6 Å². The van der Waals surface area contributed by atoms with E-state index >= 15 is 0 Å². The van der Waals surface area contributed by atoms with E-state index in [1.165, 1.54) is 0 Å². The molecule has 5 nitrogen and oxygen atoms in total. The fraction of sp³-hybridized carbons (Fsp3) is 0.938. The maximum Gasteiger partial charge on any atom is 0.224 e. The van der Waals surface area contributed by atoms with Gasteiger partial charge < -0.3 is 15.4 Å². The lowest BCUT2D eigenvalue weighted by atomic mass is 10.0. The highest BCUT2D eigenvalue weighted by Crippen LogP contribution is 2.22. The summed E-state index contributed by atoms with van der Waals surface area (Å²) in [5.74, 6) is 0.208. The molecule has 21 heavy (non-hydrogen) atoms. The molecule has 2 aliphatic rings.